The molecule has 0 aromatic heterocycles. The van der Waals surface area contributed by atoms with Gasteiger partial charge in [0.05, 0.1) is 11.3 Å². The quantitative estimate of drug-likeness (QED) is 0.778. The molecular weight excluding hydrogens is 326 g/mol. The Morgan fingerprint density at radius 2 is 1.71 bits per heavy atom. The highest BCUT2D eigenvalue weighted by Crippen LogP contribution is 2.27. The van der Waals surface area contributed by atoms with Crippen LogP contribution in [0.1, 0.15) is 19.4 Å². The number of benzene rings is 2. The van der Waals surface area contributed by atoms with Crippen LogP contribution in [0.3, 0.4) is 0 Å². The highest BCUT2D eigenvalue weighted by Gasteiger charge is 2.21. The number of fused-ring (bicyclic) bond motifs is 1. The highest BCUT2D eigenvalue weighted by atomic mass is 32.2. The first kappa shape index (κ1) is 16.3. The zero-order valence-corrected chi connectivity index (χ0v) is 14.3. The molecule has 1 aliphatic rings. The van der Waals surface area contributed by atoms with E-state index in [2.05, 4.69) is 15.4 Å². The summed E-state index contributed by atoms with van der Waals surface area (Å²) in [7, 11) is -3.70. The van der Waals surface area contributed by atoms with Gasteiger partial charge in [-0.05, 0) is 61.9 Å². The smallest absolute Gasteiger partial charge is 0.261 e. The summed E-state index contributed by atoms with van der Waals surface area (Å²) >= 11 is 0. The molecule has 0 saturated carbocycles. The average Bonchev–Trinajstić information content (AvgIpc) is 2.87. The predicted molar refractivity (Wildman–Crippen MR) is 94.8 cm³/mol. The number of carbonyl (C=O) groups is 1. The fourth-order valence-electron chi connectivity index (χ4n) is 2.55. The molecule has 0 bridgehead atoms. The lowest BCUT2D eigenvalue weighted by molar-refractivity contribution is -0.115. The molecule has 0 unspecified atom stereocenters. The number of rotatable bonds is 5. The van der Waals surface area contributed by atoms with E-state index in [1.807, 2.05) is 26.0 Å². The second kappa shape index (κ2) is 6.16. The summed E-state index contributed by atoms with van der Waals surface area (Å²) in [5, 5.41) is 5.93. The molecule has 1 amide bonds. The van der Waals surface area contributed by atoms with Gasteiger partial charge in [-0.15, -0.1) is 0 Å². The maximum absolute atomic E-state index is 12.5. The van der Waals surface area contributed by atoms with Crippen molar-refractivity contribution in [3.05, 3.63) is 48.0 Å². The minimum Gasteiger partial charge on any atom is -0.383 e. The molecule has 3 rings (SSSR count). The summed E-state index contributed by atoms with van der Waals surface area (Å²) in [4.78, 5) is 11.5. The third-order valence-corrected chi connectivity index (χ3v) is 4.98. The Hall–Kier alpha value is -2.54. The van der Waals surface area contributed by atoms with Crippen LogP contribution in [-0.4, -0.2) is 20.4 Å². The Balaban J connectivity index is 1.79. The summed E-state index contributed by atoms with van der Waals surface area (Å²) in [5.41, 5.74) is 2.77. The molecule has 0 fully saturated rings. The monoisotopic (exact) mass is 345 g/mol. The van der Waals surface area contributed by atoms with E-state index in [1.165, 1.54) is 12.1 Å². The lowest BCUT2D eigenvalue weighted by atomic mass is 10.2. The molecule has 0 saturated heterocycles. The van der Waals surface area contributed by atoms with Gasteiger partial charge in [-0.25, -0.2) is 8.42 Å². The largest absolute Gasteiger partial charge is 0.383 e. The Morgan fingerprint density at radius 3 is 2.38 bits per heavy atom. The lowest BCUT2D eigenvalue weighted by Crippen LogP contribution is -2.13. The lowest BCUT2D eigenvalue weighted by Gasteiger charge is -2.12. The Labute approximate surface area is 141 Å². The number of anilines is 3. The molecule has 1 aliphatic heterocycles. The zero-order chi connectivity index (χ0) is 17.3. The molecule has 3 N–H and O–H groups in total. The number of hydrogen-bond donors (Lipinski definition) is 3. The molecule has 24 heavy (non-hydrogen) atoms. The number of sulfonamides is 1. The van der Waals surface area contributed by atoms with Crippen molar-refractivity contribution in [3.8, 4) is 0 Å². The maximum Gasteiger partial charge on any atom is 0.261 e. The molecule has 0 spiro atoms. The van der Waals surface area contributed by atoms with Gasteiger partial charge in [-0.3, -0.25) is 9.52 Å². The molecular formula is C17H19N3O3S. The van der Waals surface area contributed by atoms with E-state index in [1.54, 1.807) is 18.2 Å². The van der Waals surface area contributed by atoms with Gasteiger partial charge in [0, 0.05) is 23.1 Å². The summed E-state index contributed by atoms with van der Waals surface area (Å²) in [6.07, 6.45) is 0.203. The average molecular weight is 345 g/mol. The standard InChI is InChI=1S/C17H19N3O3S/c1-11(2)18-13-3-5-14(6-4-13)20-24(22,23)15-7-8-16-12(9-15)10-17(21)19-16/h3-9,11,18,20H,10H2,1-2H3,(H,19,21). The SMILES string of the molecule is CC(C)Nc1ccc(NS(=O)(=O)c2ccc3c(c2)CC(=O)N3)cc1. The second-order valence-corrected chi connectivity index (χ2v) is 7.71. The fraction of sp³-hybridized carbons (Fsp3) is 0.235. The van der Waals surface area contributed by atoms with Crippen LogP contribution >= 0.6 is 0 Å². The van der Waals surface area contributed by atoms with Crippen molar-refractivity contribution in [2.75, 3.05) is 15.4 Å². The number of carbonyl (C=O) groups excluding carboxylic acids is 1. The first-order chi connectivity index (χ1) is 11.3. The highest BCUT2D eigenvalue weighted by molar-refractivity contribution is 7.92. The number of amides is 1. The van der Waals surface area contributed by atoms with E-state index in [0.717, 1.165) is 5.69 Å². The third kappa shape index (κ3) is 3.51. The van der Waals surface area contributed by atoms with Crippen LogP contribution in [-0.2, 0) is 21.2 Å². The van der Waals surface area contributed by atoms with Gasteiger partial charge >= 0.3 is 0 Å². The maximum atomic E-state index is 12.5. The van der Waals surface area contributed by atoms with Crippen LogP contribution in [0.15, 0.2) is 47.4 Å². The first-order valence-corrected chi connectivity index (χ1v) is 9.14. The summed E-state index contributed by atoms with van der Waals surface area (Å²) in [6, 6.07) is 12.0. The topological polar surface area (TPSA) is 87.3 Å². The van der Waals surface area contributed by atoms with E-state index in [0.29, 0.717) is 23.0 Å². The molecule has 0 aliphatic carbocycles. The number of nitrogens with one attached hydrogen (secondary N) is 3. The zero-order valence-electron chi connectivity index (χ0n) is 13.5. The molecule has 0 atom stereocenters. The van der Waals surface area contributed by atoms with E-state index in [9.17, 15) is 13.2 Å². The molecule has 2 aromatic carbocycles. The number of hydrogen-bond acceptors (Lipinski definition) is 4. The van der Waals surface area contributed by atoms with Crippen molar-refractivity contribution >= 4 is 33.0 Å². The minimum atomic E-state index is -3.70. The molecule has 126 valence electrons. The normalized spacial score (nSPS) is 13.5. The van der Waals surface area contributed by atoms with Gasteiger partial charge in [0.25, 0.3) is 10.0 Å². The van der Waals surface area contributed by atoms with Crippen molar-refractivity contribution in [1.82, 2.24) is 0 Å². The van der Waals surface area contributed by atoms with E-state index in [-0.39, 0.29) is 17.2 Å². The van der Waals surface area contributed by atoms with Gasteiger partial charge in [-0.1, -0.05) is 0 Å². The molecule has 7 heteroatoms. The summed E-state index contributed by atoms with van der Waals surface area (Å²) in [5.74, 6) is -0.124. The van der Waals surface area contributed by atoms with Gasteiger partial charge in [0.2, 0.25) is 5.91 Å². The van der Waals surface area contributed by atoms with E-state index in [4.69, 9.17) is 0 Å². The van der Waals surface area contributed by atoms with Crippen molar-refractivity contribution in [3.63, 3.8) is 0 Å². The van der Waals surface area contributed by atoms with Gasteiger partial charge < -0.3 is 10.6 Å². The van der Waals surface area contributed by atoms with Crippen molar-refractivity contribution in [1.29, 1.82) is 0 Å². The van der Waals surface area contributed by atoms with Crippen molar-refractivity contribution in [2.24, 2.45) is 0 Å². The molecule has 6 nitrogen and oxygen atoms in total. The van der Waals surface area contributed by atoms with Gasteiger partial charge in [0.1, 0.15) is 0 Å². The van der Waals surface area contributed by atoms with Gasteiger partial charge in [-0.2, -0.15) is 0 Å². The van der Waals surface area contributed by atoms with Crippen LogP contribution in [0, 0.1) is 0 Å². The Morgan fingerprint density at radius 1 is 1.04 bits per heavy atom. The van der Waals surface area contributed by atoms with Crippen molar-refractivity contribution < 1.29 is 13.2 Å². The first-order valence-electron chi connectivity index (χ1n) is 7.66. The van der Waals surface area contributed by atoms with Crippen LogP contribution in [0.2, 0.25) is 0 Å². The fourth-order valence-corrected chi connectivity index (χ4v) is 3.66. The minimum absolute atomic E-state index is 0.124. The van der Waals surface area contributed by atoms with E-state index >= 15 is 0 Å². The molecule has 1 heterocycles. The van der Waals surface area contributed by atoms with Crippen LogP contribution in [0.5, 0.6) is 0 Å². The van der Waals surface area contributed by atoms with E-state index < -0.39 is 10.0 Å². The van der Waals surface area contributed by atoms with Crippen LogP contribution < -0.4 is 15.4 Å². The Kier molecular flexibility index (Phi) is 4.19. The summed E-state index contributed by atoms with van der Waals surface area (Å²) in [6.45, 7) is 4.06. The predicted octanol–water partition coefficient (Wildman–Crippen LogP) is 2.80. The molecule has 2 aromatic rings. The van der Waals surface area contributed by atoms with Crippen LogP contribution in [0.25, 0.3) is 0 Å². The van der Waals surface area contributed by atoms with Gasteiger partial charge in [0.15, 0.2) is 0 Å². The van der Waals surface area contributed by atoms with Crippen LogP contribution in [0.4, 0.5) is 17.1 Å². The summed E-state index contributed by atoms with van der Waals surface area (Å²) < 4.78 is 27.6. The molecule has 0 radical (unpaired) electrons. The van der Waals surface area contributed by atoms with Crippen molar-refractivity contribution in [2.45, 2.75) is 31.2 Å². The Bertz CT molecular complexity index is 874. The third-order valence-electron chi connectivity index (χ3n) is 3.60. The second-order valence-electron chi connectivity index (χ2n) is 6.03.